The van der Waals surface area contributed by atoms with Crippen molar-refractivity contribution in [2.24, 2.45) is 0 Å². The lowest BCUT2D eigenvalue weighted by Gasteiger charge is -2.11. The van der Waals surface area contributed by atoms with Gasteiger partial charge in [-0.2, -0.15) is 0 Å². The van der Waals surface area contributed by atoms with Crippen molar-refractivity contribution in [3.8, 4) is 5.75 Å². The van der Waals surface area contributed by atoms with Gasteiger partial charge in [-0.25, -0.2) is 0 Å². The average Bonchev–Trinajstić information content (AvgIpc) is 2.91. The van der Waals surface area contributed by atoms with Gasteiger partial charge in [0.05, 0.1) is 11.6 Å². The van der Waals surface area contributed by atoms with Crippen molar-refractivity contribution < 1.29 is 9.53 Å². The summed E-state index contributed by atoms with van der Waals surface area (Å²) in [6.07, 6.45) is 3.44. The van der Waals surface area contributed by atoms with Crippen LogP contribution in [0, 0.1) is 0 Å². The van der Waals surface area contributed by atoms with Gasteiger partial charge in [-0.15, -0.1) is 12.4 Å². The molecule has 112 valence electrons. The van der Waals surface area contributed by atoms with Crippen LogP contribution >= 0.6 is 28.3 Å². The number of amides is 1. The van der Waals surface area contributed by atoms with Crippen LogP contribution in [0.1, 0.15) is 29.6 Å². The number of carbonyl (C=O) groups is 1. The monoisotopic (exact) mass is 362 g/mol. The molecule has 1 aromatic rings. The van der Waals surface area contributed by atoms with E-state index in [1.165, 1.54) is 12.8 Å². The molecule has 0 spiro atoms. The van der Waals surface area contributed by atoms with Crippen molar-refractivity contribution in [3.63, 3.8) is 0 Å². The molecule has 0 unspecified atom stereocenters. The predicted molar refractivity (Wildman–Crippen MR) is 85.9 cm³/mol. The molecule has 0 aromatic heterocycles. The van der Waals surface area contributed by atoms with E-state index >= 15 is 0 Å². The minimum atomic E-state index is -0.0404. The smallest absolute Gasteiger partial charge is 0.251 e. The maximum atomic E-state index is 12.0. The number of nitrogens with one attached hydrogen (secondary N) is 2. The SMILES string of the molecule is COc1ccc(C(=O)NCC[C@H]2CCCN2)cc1Br.Cl. The second kappa shape index (κ2) is 8.49. The Balaban J connectivity index is 0.00000200. The summed E-state index contributed by atoms with van der Waals surface area (Å²) in [5.41, 5.74) is 0.645. The average molecular weight is 364 g/mol. The largest absolute Gasteiger partial charge is 0.496 e. The van der Waals surface area contributed by atoms with E-state index in [0.29, 0.717) is 18.2 Å². The number of methoxy groups -OCH3 is 1. The zero-order chi connectivity index (χ0) is 13.7. The second-order valence-corrected chi connectivity index (χ2v) is 5.54. The first-order valence-electron chi connectivity index (χ1n) is 6.56. The molecule has 1 atom stereocenters. The molecule has 0 radical (unpaired) electrons. The topological polar surface area (TPSA) is 50.4 Å². The maximum Gasteiger partial charge on any atom is 0.251 e. The highest BCUT2D eigenvalue weighted by Gasteiger charge is 2.14. The van der Waals surface area contributed by atoms with Gasteiger partial charge >= 0.3 is 0 Å². The van der Waals surface area contributed by atoms with Crippen LogP contribution in [0.4, 0.5) is 0 Å². The zero-order valence-corrected chi connectivity index (χ0v) is 13.9. The van der Waals surface area contributed by atoms with Crippen LogP contribution in [0.25, 0.3) is 0 Å². The number of hydrogen-bond donors (Lipinski definition) is 2. The third kappa shape index (κ3) is 4.65. The Morgan fingerprint density at radius 1 is 1.55 bits per heavy atom. The molecule has 2 N–H and O–H groups in total. The summed E-state index contributed by atoms with van der Waals surface area (Å²) in [4.78, 5) is 12.0. The molecule has 1 aromatic carbocycles. The summed E-state index contributed by atoms with van der Waals surface area (Å²) in [5.74, 6) is 0.688. The van der Waals surface area contributed by atoms with Crippen LogP contribution in [0.5, 0.6) is 5.75 Å². The number of benzene rings is 1. The third-order valence-electron chi connectivity index (χ3n) is 3.35. The molecular weight excluding hydrogens is 344 g/mol. The van der Waals surface area contributed by atoms with Crippen molar-refractivity contribution in [2.45, 2.75) is 25.3 Å². The lowest BCUT2D eigenvalue weighted by Crippen LogP contribution is -2.30. The molecule has 1 fully saturated rings. The summed E-state index contributed by atoms with van der Waals surface area (Å²) in [6, 6.07) is 5.90. The molecule has 6 heteroatoms. The van der Waals surface area contributed by atoms with Crippen LogP contribution in [-0.4, -0.2) is 32.1 Å². The minimum absolute atomic E-state index is 0. The Bertz CT molecular complexity index is 451. The Morgan fingerprint density at radius 3 is 2.95 bits per heavy atom. The van der Waals surface area contributed by atoms with Gasteiger partial charge < -0.3 is 15.4 Å². The van der Waals surface area contributed by atoms with E-state index in [9.17, 15) is 4.79 Å². The van der Waals surface area contributed by atoms with Gasteiger partial charge in [0.1, 0.15) is 5.75 Å². The summed E-state index contributed by atoms with van der Waals surface area (Å²) in [5, 5.41) is 6.37. The molecule has 1 saturated heterocycles. The van der Waals surface area contributed by atoms with Crippen molar-refractivity contribution in [2.75, 3.05) is 20.2 Å². The molecule has 0 aliphatic carbocycles. The van der Waals surface area contributed by atoms with Crippen molar-refractivity contribution >= 4 is 34.2 Å². The van der Waals surface area contributed by atoms with Crippen molar-refractivity contribution in [1.82, 2.24) is 10.6 Å². The van der Waals surface area contributed by atoms with Gasteiger partial charge in [0, 0.05) is 18.2 Å². The highest BCUT2D eigenvalue weighted by molar-refractivity contribution is 9.10. The molecule has 2 rings (SSSR count). The highest BCUT2D eigenvalue weighted by Crippen LogP contribution is 2.25. The fourth-order valence-electron chi connectivity index (χ4n) is 2.27. The van der Waals surface area contributed by atoms with Gasteiger partial charge in [0.25, 0.3) is 5.91 Å². The van der Waals surface area contributed by atoms with Gasteiger partial charge in [0.2, 0.25) is 0 Å². The van der Waals surface area contributed by atoms with Crippen molar-refractivity contribution in [1.29, 1.82) is 0 Å². The molecule has 4 nitrogen and oxygen atoms in total. The van der Waals surface area contributed by atoms with E-state index in [1.54, 1.807) is 25.3 Å². The van der Waals surface area contributed by atoms with E-state index in [0.717, 1.165) is 23.2 Å². The first kappa shape index (κ1) is 17.3. The van der Waals surface area contributed by atoms with Crippen LogP contribution in [-0.2, 0) is 0 Å². The van der Waals surface area contributed by atoms with Crippen molar-refractivity contribution in [3.05, 3.63) is 28.2 Å². The summed E-state index contributed by atoms with van der Waals surface area (Å²) >= 11 is 3.38. The van der Waals surface area contributed by atoms with Crippen LogP contribution in [0.3, 0.4) is 0 Å². The van der Waals surface area contributed by atoms with Gasteiger partial charge in [0.15, 0.2) is 0 Å². The summed E-state index contributed by atoms with van der Waals surface area (Å²) < 4.78 is 5.93. The maximum absolute atomic E-state index is 12.0. The van der Waals surface area contributed by atoms with E-state index in [4.69, 9.17) is 4.74 Å². The quantitative estimate of drug-likeness (QED) is 0.846. The molecule has 0 saturated carbocycles. The Hall–Kier alpha value is -0.780. The number of ether oxygens (including phenoxy) is 1. The van der Waals surface area contributed by atoms with E-state index in [-0.39, 0.29) is 18.3 Å². The fraction of sp³-hybridized carbons (Fsp3) is 0.500. The second-order valence-electron chi connectivity index (χ2n) is 4.69. The van der Waals surface area contributed by atoms with Crippen LogP contribution in [0.2, 0.25) is 0 Å². The molecule has 1 amide bonds. The van der Waals surface area contributed by atoms with Crippen LogP contribution < -0.4 is 15.4 Å². The molecule has 1 aliphatic rings. The van der Waals surface area contributed by atoms with Crippen LogP contribution in [0.15, 0.2) is 22.7 Å². The number of carbonyl (C=O) groups excluding carboxylic acids is 1. The van der Waals surface area contributed by atoms with Gasteiger partial charge in [-0.1, -0.05) is 0 Å². The first-order valence-corrected chi connectivity index (χ1v) is 7.35. The van der Waals surface area contributed by atoms with E-state index in [2.05, 4.69) is 26.6 Å². The van der Waals surface area contributed by atoms with E-state index in [1.807, 2.05) is 0 Å². The lowest BCUT2D eigenvalue weighted by molar-refractivity contribution is 0.0952. The van der Waals surface area contributed by atoms with E-state index < -0.39 is 0 Å². The van der Waals surface area contributed by atoms with Gasteiger partial charge in [-0.3, -0.25) is 4.79 Å². The summed E-state index contributed by atoms with van der Waals surface area (Å²) in [6.45, 7) is 1.81. The zero-order valence-electron chi connectivity index (χ0n) is 11.4. The normalized spacial score (nSPS) is 17.4. The Morgan fingerprint density at radius 2 is 2.35 bits per heavy atom. The third-order valence-corrected chi connectivity index (χ3v) is 3.97. The Kier molecular flexibility index (Phi) is 7.34. The first-order chi connectivity index (χ1) is 9.20. The summed E-state index contributed by atoms with van der Waals surface area (Å²) in [7, 11) is 1.61. The minimum Gasteiger partial charge on any atom is -0.496 e. The molecule has 1 aliphatic heterocycles. The number of hydrogen-bond acceptors (Lipinski definition) is 3. The lowest BCUT2D eigenvalue weighted by atomic mass is 10.1. The molecule has 0 bridgehead atoms. The van der Waals surface area contributed by atoms with Gasteiger partial charge in [-0.05, 0) is 59.9 Å². The molecule has 1 heterocycles. The Labute approximate surface area is 134 Å². The fourth-order valence-corrected chi connectivity index (χ4v) is 2.81. The number of rotatable bonds is 5. The standard InChI is InChI=1S/C14H19BrN2O2.ClH/c1-19-13-5-4-10(9-12(13)15)14(18)17-8-6-11-3-2-7-16-11;/h4-5,9,11,16H,2-3,6-8H2,1H3,(H,17,18);1H/t11-;/m1./s1. The molecular formula is C14H20BrClN2O2. The number of halogens is 2. The molecule has 20 heavy (non-hydrogen) atoms. The predicted octanol–water partition coefficient (Wildman–Crippen LogP) is 2.75. The highest BCUT2D eigenvalue weighted by atomic mass is 79.9.